The summed E-state index contributed by atoms with van der Waals surface area (Å²) in [5.41, 5.74) is 2.22. The molecule has 0 bridgehead atoms. The highest BCUT2D eigenvalue weighted by molar-refractivity contribution is 5.26. The lowest BCUT2D eigenvalue weighted by Crippen LogP contribution is -2.10. The van der Waals surface area contributed by atoms with Crippen LogP contribution in [0.5, 0.6) is 0 Å². The third-order valence-electron chi connectivity index (χ3n) is 3.49. The van der Waals surface area contributed by atoms with E-state index in [1.807, 2.05) is 16.8 Å². The summed E-state index contributed by atoms with van der Waals surface area (Å²) in [6.07, 6.45) is 2.53. The van der Waals surface area contributed by atoms with Gasteiger partial charge in [0.15, 0.2) is 0 Å². The highest BCUT2D eigenvalue weighted by Gasteiger charge is 2.13. The van der Waals surface area contributed by atoms with Crippen molar-refractivity contribution in [2.75, 3.05) is 0 Å². The summed E-state index contributed by atoms with van der Waals surface area (Å²) in [6, 6.07) is 8.17. The molecule has 108 valence electrons. The van der Waals surface area contributed by atoms with Crippen LogP contribution in [0.3, 0.4) is 0 Å². The minimum atomic E-state index is -0.531. The van der Waals surface area contributed by atoms with Crippen LogP contribution >= 0.6 is 0 Å². The third-order valence-corrected chi connectivity index (χ3v) is 3.49. The van der Waals surface area contributed by atoms with Crippen molar-refractivity contribution in [2.24, 2.45) is 0 Å². The topological polar surface area (TPSA) is 50.9 Å². The number of benzene rings is 1. The van der Waals surface area contributed by atoms with E-state index in [0.717, 1.165) is 24.4 Å². The van der Waals surface area contributed by atoms with E-state index in [1.165, 1.54) is 5.56 Å². The molecule has 1 atom stereocenters. The quantitative estimate of drug-likeness (QED) is 0.880. The van der Waals surface area contributed by atoms with Crippen molar-refractivity contribution in [3.05, 3.63) is 47.5 Å². The molecule has 0 aliphatic carbocycles. The highest BCUT2D eigenvalue weighted by Crippen LogP contribution is 2.21. The molecule has 0 fully saturated rings. The van der Waals surface area contributed by atoms with Gasteiger partial charge in [-0.05, 0) is 23.5 Å². The SMILES string of the molecule is CCCn1ncnc1CC(O)c1ccc(C(C)C)cc1. The second kappa shape index (κ2) is 6.66. The van der Waals surface area contributed by atoms with E-state index in [0.29, 0.717) is 12.3 Å². The molecule has 0 amide bonds. The van der Waals surface area contributed by atoms with Crippen LogP contribution < -0.4 is 0 Å². The Labute approximate surface area is 120 Å². The van der Waals surface area contributed by atoms with Crippen LogP contribution in [0.25, 0.3) is 0 Å². The maximum Gasteiger partial charge on any atom is 0.138 e. The number of aromatic nitrogens is 3. The van der Waals surface area contributed by atoms with Crippen molar-refractivity contribution >= 4 is 0 Å². The van der Waals surface area contributed by atoms with Crippen molar-refractivity contribution in [1.29, 1.82) is 0 Å². The highest BCUT2D eigenvalue weighted by atomic mass is 16.3. The molecular weight excluding hydrogens is 250 g/mol. The van der Waals surface area contributed by atoms with E-state index in [9.17, 15) is 5.11 Å². The summed E-state index contributed by atoms with van der Waals surface area (Å²) in [7, 11) is 0. The van der Waals surface area contributed by atoms with Crippen molar-refractivity contribution < 1.29 is 5.11 Å². The average molecular weight is 273 g/mol. The van der Waals surface area contributed by atoms with Gasteiger partial charge in [0.05, 0.1) is 6.10 Å². The molecule has 4 heteroatoms. The van der Waals surface area contributed by atoms with Gasteiger partial charge in [-0.15, -0.1) is 0 Å². The van der Waals surface area contributed by atoms with Gasteiger partial charge in [-0.25, -0.2) is 4.98 Å². The normalized spacial score (nSPS) is 12.8. The Morgan fingerprint density at radius 3 is 2.40 bits per heavy atom. The third kappa shape index (κ3) is 3.45. The van der Waals surface area contributed by atoms with Crippen LogP contribution in [0.2, 0.25) is 0 Å². The molecule has 4 nitrogen and oxygen atoms in total. The second-order valence-electron chi connectivity index (χ2n) is 5.44. The Balaban J connectivity index is 2.07. The summed E-state index contributed by atoms with van der Waals surface area (Å²) >= 11 is 0. The predicted octanol–water partition coefficient (Wildman–Crippen LogP) is 3.09. The van der Waals surface area contributed by atoms with E-state index >= 15 is 0 Å². The van der Waals surface area contributed by atoms with Gasteiger partial charge >= 0.3 is 0 Å². The van der Waals surface area contributed by atoms with E-state index in [4.69, 9.17) is 0 Å². The minimum Gasteiger partial charge on any atom is -0.388 e. The number of rotatable bonds is 6. The fraction of sp³-hybridized carbons (Fsp3) is 0.500. The van der Waals surface area contributed by atoms with Gasteiger partial charge in [0.25, 0.3) is 0 Å². The van der Waals surface area contributed by atoms with Crippen LogP contribution in [0.1, 0.15) is 56.2 Å². The zero-order valence-electron chi connectivity index (χ0n) is 12.5. The molecule has 20 heavy (non-hydrogen) atoms. The van der Waals surface area contributed by atoms with Crippen LogP contribution in [-0.2, 0) is 13.0 Å². The van der Waals surface area contributed by atoms with Gasteiger partial charge in [0, 0.05) is 13.0 Å². The molecule has 1 heterocycles. The van der Waals surface area contributed by atoms with Crippen LogP contribution in [-0.4, -0.2) is 19.9 Å². The number of hydrogen-bond acceptors (Lipinski definition) is 3. The van der Waals surface area contributed by atoms with Gasteiger partial charge in [-0.3, -0.25) is 4.68 Å². The standard InChI is InChI=1S/C16H23N3O/c1-4-9-19-16(17-11-18-19)10-15(20)14-7-5-13(6-8-14)12(2)3/h5-8,11-12,15,20H,4,9-10H2,1-3H3. The number of aliphatic hydroxyl groups excluding tert-OH is 1. The molecule has 0 aliphatic rings. The predicted molar refractivity (Wildman–Crippen MR) is 79.5 cm³/mol. The first-order valence-electron chi connectivity index (χ1n) is 7.26. The molecule has 2 aromatic rings. The van der Waals surface area contributed by atoms with Crippen LogP contribution in [0.15, 0.2) is 30.6 Å². The van der Waals surface area contributed by atoms with Gasteiger partial charge in [0.2, 0.25) is 0 Å². The fourth-order valence-corrected chi connectivity index (χ4v) is 2.24. The van der Waals surface area contributed by atoms with Crippen LogP contribution in [0, 0.1) is 0 Å². The molecule has 0 aliphatic heterocycles. The number of nitrogens with zero attached hydrogens (tertiary/aromatic N) is 3. The first kappa shape index (κ1) is 14.7. The molecule has 1 aromatic heterocycles. The molecule has 1 unspecified atom stereocenters. The summed E-state index contributed by atoms with van der Waals surface area (Å²) < 4.78 is 1.87. The van der Waals surface area contributed by atoms with Gasteiger partial charge in [-0.1, -0.05) is 45.0 Å². The molecule has 0 radical (unpaired) electrons. The monoisotopic (exact) mass is 273 g/mol. The first-order chi connectivity index (χ1) is 9.61. The zero-order valence-corrected chi connectivity index (χ0v) is 12.5. The lowest BCUT2D eigenvalue weighted by molar-refractivity contribution is 0.174. The lowest BCUT2D eigenvalue weighted by Gasteiger charge is -2.13. The van der Waals surface area contributed by atoms with Crippen molar-refractivity contribution in [3.8, 4) is 0 Å². The molecule has 0 saturated carbocycles. The van der Waals surface area contributed by atoms with E-state index in [-0.39, 0.29) is 0 Å². The molecule has 0 spiro atoms. The summed E-state index contributed by atoms with van der Waals surface area (Å²) in [5.74, 6) is 1.35. The molecular formula is C16H23N3O. The summed E-state index contributed by atoms with van der Waals surface area (Å²) in [5, 5.41) is 14.5. The van der Waals surface area contributed by atoms with Gasteiger partial charge in [0.1, 0.15) is 12.2 Å². The first-order valence-corrected chi connectivity index (χ1v) is 7.26. The maximum atomic E-state index is 10.3. The number of aliphatic hydroxyl groups is 1. The average Bonchev–Trinajstić information content (AvgIpc) is 2.86. The molecule has 2 rings (SSSR count). The molecule has 1 N–H and O–H groups in total. The summed E-state index contributed by atoms with van der Waals surface area (Å²) in [4.78, 5) is 4.24. The largest absolute Gasteiger partial charge is 0.388 e. The number of aryl methyl sites for hydroxylation is 1. The van der Waals surface area contributed by atoms with Gasteiger partial charge in [-0.2, -0.15) is 5.10 Å². The van der Waals surface area contributed by atoms with Crippen molar-refractivity contribution in [2.45, 2.75) is 52.2 Å². The summed E-state index contributed by atoms with van der Waals surface area (Å²) in [6.45, 7) is 7.28. The minimum absolute atomic E-state index is 0.501. The molecule has 1 aromatic carbocycles. The van der Waals surface area contributed by atoms with E-state index in [2.05, 4.69) is 43.0 Å². The molecule has 0 saturated heterocycles. The number of hydrogen-bond donors (Lipinski definition) is 1. The van der Waals surface area contributed by atoms with E-state index < -0.39 is 6.10 Å². The zero-order chi connectivity index (χ0) is 14.5. The Hall–Kier alpha value is -1.68. The van der Waals surface area contributed by atoms with Crippen LogP contribution in [0.4, 0.5) is 0 Å². The second-order valence-corrected chi connectivity index (χ2v) is 5.44. The van der Waals surface area contributed by atoms with Crippen molar-refractivity contribution in [1.82, 2.24) is 14.8 Å². The Morgan fingerprint density at radius 2 is 1.80 bits per heavy atom. The Morgan fingerprint density at radius 1 is 1.15 bits per heavy atom. The maximum absolute atomic E-state index is 10.3. The Kier molecular flexibility index (Phi) is 4.90. The van der Waals surface area contributed by atoms with E-state index in [1.54, 1.807) is 6.33 Å². The Bertz CT molecular complexity index is 531. The fourth-order valence-electron chi connectivity index (χ4n) is 2.24. The lowest BCUT2D eigenvalue weighted by atomic mass is 9.99. The van der Waals surface area contributed by atoms with Gasteiger partial charge < -0.3 is 5.11 Å². The van der Waals surface area contributed by atoms with Crippen molar-refractivity contribution in [3.63, 3.8) is 0 Å². The smallest absolute Gasteiger partial charge is 0.138 e.